The van der Waals surface area contributed by atoms with Gasteiger partial charge < -0.3 is 20.6 Å². The number of aliphatic hydroxyl groups excluding tert-OH is 3. The summed E-state index contributed by atoms with van der Waals surface area (Å²) < 4.78 is 0. The van der Waals surface area contributed by atoms with Crippen molar-refractivity contribution in [2.45, 2.75) is 283 Å². The van der Waals surface area contributed by atoms with Gasteiger partial charge in [-0.15, -0.1) is 0 Å². The van der Waals surface area contributed by atoms with Crippen LogP contribution in [0.15, 0.2) is 24.3 Å². The summed E-state index contributed by atoms with van der Waals surface area (Å²) in [5.74, 6) is -0.323. The maximum atomic E-state index is 12.4. The number of carbonyl (C=O) groups is 1. The highest BCUT2D eigenvalue weighted by Gasteiger charge is 2.20. The third-order valence-corrected chi connectivity index (χ3v) is 11.5. The molecule has 5 nitrogen and oxygen atoms in total. The number of aliphatic hydroxyl groups is 3. The number of allylic oxidation sites excluding steroid dienone is 3. The Morgan fingerprint density at radius 1 is 0.455 bits per heavy atom. The molecule has 5 heteroatoms. The van der Waals surface area contributed by atoms with Gasteiger partial charge in [-0.05, 0) is 32.1 Å². The number of nitrogens with one attached hydrogen (secondary N) is 1. The molecule has 0 aliphatic rings. The second-order valence-electron chi connectivity index (χ2n) is 17.1. The molecule has 0 aromatic carbocycles. The van der Waals surface area contributed by atoms with Gasteiger partial charge >= 0.3 is 0 Å². The Labute approximate surface area is 343 Å². The summed E-state index contributed by atoms with van der Waals surface area (Å²) in [6.07, 6.45) is 56.5. The fourth-order valence-corrected chi connectivity index (χ4v) is 7.71. The molecule has 0 aliphatic heterocycles. The van der Waals surface area contributed by atoms with Gasteiger partial charge in [-0.25, -0.2) is 0 Å². The Balaban J connectivity index is 3.50. The molecule has 0 saturated heterocycles. The van der Waals surface area contributed by atoms with E-state index in [9.17, 15) is 20.1 Å². The van der Waals surface area contributed by atoms with Gasteiger partial charge in [0.25, 0.3) is 0 Å². The van der Waals surface area contributed by atoms with Gasteiger partial charge in [-0.3, -0.25) is 4.79 Å². The molecule has 4 N–H and O–H groups in total. The highest BCUT2D eigenvalue weighted by atomic mass is 16.3. The molecule has 0 heterocycles. The van der Waals surface area contributed by atoms with Gasteiger partial charge in [0, 0.05) is 0 Å². The van der Waals surface area contributed by atoms with Gasteiger partial charge in [-0.1, -0.05) is 250 Å². The summed E-state index contributed by atoms with van der Waals surface area (Å²) in [4.78, 5) is 12.4. The topological polar surface area (TPSA) is 89.8 Å². The van der Waals surface area contributed by atoms with Crippen molar-refractivity contribution in [1.82, 2.24) is 5.32 Å². The third-order valence-electron chi connectivity index (χ3n) is 11.5. The van der Waals surface area contributed by atoms with Gasteiger partial charge in [0.15, 0.2) is 0 Å². The lowest BCUT2D eigenvalue weighted by atomic mass is 10.0. The molecular weight excluding hydrogens is 679 g/mol. The van der Waals surface area contributed by atoms with Crippen LogP contribution in [0.1, 0.15) is 264 Å². The zero-order valence-corrected chi connectivity index (χ0v) is 37.1. The quantitative estimate of drug-likeness (QED) is 0.0366. The molecule has 3 atom stereocenters. The van der Waals surface area contributed by atoms with E-state index >= 15 is 0 Å². The van der Waals surface area contributed by atoms with Crippen LogP contribution < -0.4 is 5.32 Å². The van der Waals surface area contributed by atoms with Crippen LogP contribution in [-0.4, -0.2) is 46.1 Å². The van der Waals surface area contributed by atoms with E-state index < -0.39 is 18.2 Å². The molecule has 0 aromatic heterocycles. The van der Waals surface area contributed by atoms with Crippen LogP contribution >= 0.6 is 0 Å². The van der Waals surface area contributed by atoms with E-state index in [1.165, 1.54) is 205 Å². The van der Waals surface area contributed by atoms with Gasteiger partial charge in [0.05, 0.1) is 31.3 Å². The molecule has 0 aliphatic carbocycles. The summed E-state index contributed by atoms with van der Waals surface area (Å²) in [5.41, 5.74) is 0. The second kappa shape index (κ2) is 45.5. The minimum Gasteiger partial charge on any atom is -0.394 e. The van der Waals surface area contributed by atoms with E-state index in [1.54, 1.807) is 6.08 Å². The molecule has 3 unspecified atom stereocenters. The molecule has 326 valence electrons. The first kappa shape index (κ1) is 53.8. The predicted octanol–water partition coefficient (Wildman–Crippen LogP) is 14.6. The van der Waals surface area contributed by atoms with Gasteiger partial charge in [0.2, 0.25) is 5.91 Å². The van der Waals surface area contributed by atoms with Crippen molar-refractivity contribution in [1.29, 1.82) is 0 Å². The molecule has 0 aromatic rings. The third kappa shape index (κ3) is 42.3. The van der Waals surface area contributed by atoms with Crippen LogP contribution in [0.3, 0.4) is 0 Å². The first-order chi connectivity index (χ1) is 27.0. The smallest absolute Gasteiger partial charge is 0.222 e. The predicted molar refractivity (Wildman–Crippen MR) is 241 cm³/mol. The molecule has 0 saturated carbocycles. The zero-order valence-electron chi connectivity index (χ0n) is 37.1. The van der Waals surface area contributed by atoms with Crippen molar-refractivity contribution >= 4 is 5.91 Å². The van der Waals surface area contributed by atoms with Crippen molar-refractivity contribution in [3.8, 4) is 0 Å². The van der Waals surface area contributed by atoms with Gasteiger partial charge in [0.1, 0.15) is 0 Å². The minimum atomic E-state index is -0.947. The molecule has 0 bridgehead atoms. The first-order valence-electron chi connectivity index (χ1n) is 24.6. The molecule has 1 amide bonds. The Bertz CT molecular complexity index is 814. The summed E-state index contributed by atoms with van der Waals surface area (Å²) >= 11 is 0. The lowest BCUT2D eigenvalue weighted by Gasteiger charge is -2.21. The van der Waals surface area contributed by atoms with Gasteiger partial charge in [-0.2, -0.15) is 0 Å². The van der Waals surface area contributed by atoms with Crippen LogP contribution in [0, 0.1) is 0 Å². The van der Waals surface area contributed by atoms with Crippen molar-refractivity contribution in [3.63, 3.8) is 0 Å². The zero-order chi connectivity index (χ0) is 40.1. The van der Waals surface area contributed by atoms with E-state index in [-0.39, 0.29) is 18.9 Å². The van der Waals surface area contributed by atoms with E-state index in [4.69, 9.17) is 0 Å². The van der Waals surface area contributed by atoms with Crippen molar-refractivity contribution in [2.24, 2.45) is 0 Å². The summed E-state index contributed by atoms with van der Waals surface area (Å²) in [7, 11) is 0. The molecule has 55 heavy (non-hydrogen) atoms. The molecule has 0 fully saturated rings. The largest absolute Gasteiger partial charge is 0.394 e. The van der Waals surface area contributed by atoms with Crippen molar-refractivity contribution in [2.75, 3.05) is 6.61 Å². The minimum absolute atomic E-state index is 0.00963. The Hall–Kier alpha value is -1.17. The van der Waals surface area contributed by atoms with Crippen LogP contribution in [-0.2, 0) is 4.79 Å². The number of hydrogen-bond acceptors (Lipinski definition) is 4. The van der Waals surface area contributed by atoms with E-state index in [2.05, 4.69) is 31.3 Å². The average Bonchev–Trinajstić information content (AvgIpc) is 3.18. The summed E-state index contributed by atoms with van der Waals surface area (Å²) in [6.45, 7) is 4.19. The van der Waals surface area contributed by atoms with Crippen LogP contribution in [0.25, 0.3) is 0 Å². The second-order valence-corrected chi connectivity index (χ2v) is 17.1. The number of hydrogen-bond donors (Lipinski definition) is 4. The Morgan fingerprint density at radius 3 is 1.16 bits per heavy atom. The maximum Gasteiger partial charge on any atom is 0.222 e. The average molecular weight is 776 g/mol. The number of rotatable bonds is 45. The molecule has 0 rings (SSSR count). The number of carbonyl (C=O) groups excluding carboxylic acids is 1. The van der Waals surface area contributed by atoms with Crippen molar-refractivity contribution < 1.29 is 20.1 Å². The Kier molecular flexibility index (Phi) is 44.6. The molecular formula is C50H97NO4. The van der Waals surface area contributed by atoms with Crippen LogP contribution in [0.5, 0.6) is 0 Å². The summed E-state index contributed by atoms with van der Waals surface area (Å²) in [6, 6.07) is -0.756. The Morgan fingerprint density at radius 2 is 0.782 bits per heavy atom. The van der Waals surface area contributed by atoms with E-state index in [0.29, 0.717) is 6.42 Å². The lowest BCUT2D eigenvalue weighted by Crippen LogP contribution is -2.45. The van der Waals surface area contributed by atoms with Crippen molar-refractivity contribution in [3.05, 3.63) is 24.3 Å². The van der Waals surface area contributed by atoms with E-state index in [1.807, 2.05) is 6.08 Å². The fraction of sp³-hybridized carbons (Fsp3) is 0.900. The number of unbranched alkanes of at least 4 members (excludes halogenated alkanes) is 34. The highest BCUT2D eigenvalue weighted by molar-refractivity contribution is 5.76. The maximum absolute atomic E-state index is 12.4. The number of amides is 1. The SMILES string of the molecule is CCCCCCC/C=C/CC/C=C/C(O)C(CO)NC(=O)CC(O)CCCCCCCCCCCCCCCCCCCCCCCCCCCCCCC. The van der Waals surface area contributed by atoms with Crippen LogP contribution in [0.4, 0.5) is 0 Å². The summed E-state index contributed by atoms with van der Waals surface area (Å²) in [5, 5.41) is 33.2. The fourth-order valence-electron chi connectivity index (χ4n) is 7.71. The van der Waals surface area contributed by atoms with Crippen LogP contribution in [0.2, 0.25) is 0 Å². The molecule has 0 spiro atoms. The first-order valence-corrected chi connectivity index (χ1v) is 24.6. The standard InChI is InChI=1S/C50H97NO4/c1-3-5-7-9-11-13-15-16-17-18-19-20-21-22-23-24-25-26-27-28-29-30-31-32-34-35-37-39-41-43-47(53)45-50(55)51-48(46-52)49(54)44-42-40-38-36-33-14-12-10-8-6-4-2/h33,36,42,44,47-49,52-54H,3-32,34-35,37-41,43,45-46H2,1-2H3,(H,51,55)/b36-33+,44-42+. The van der Waals surface area contributed by atoms with E-state index in [0.717, 1.165) is 32.1 Å². The molecule has 0 radical (unpaired) electrons. The monoisotopic (exact) mass is 776 g/mol. The lowest BCUT2D eigenvalue weighted by molar-refractivity contribution is -0.124. The highest BCUT2D eigenvalue weighted by Crippen LogP contribution is 2.17. The normalized spacial score (nSPS) is 13.6.